The number of nitrogen functional groups attached to an aromatic ring is 1. The summed E-state index contributed by atoms with van der Waals surface area (Å²) >= 11 is 0. The molecule has 7 heteroatoms. The van der Waals surface area contributed by atoms with Gasteiger partial charge in [0.2, 0.25) is 0 Å². The second-order valence-corrected chi connectivity index (χ2v) is 3.86. The Bertz CT molecular complexity index is 631. The average Bonchev–Trinajstić information content (AvgIpc) is 2.25. The topological polar surface area (TPSA) is 89.1 Å². The van der Waals surface area contributed by atoms with Gasteiger partial charge in [-0.2, -0.15) is 0 Å². The number of aromatic nitrogens is 2. The minimum absolute atomic E-state index is 0.0293. The lowest BCUT2D eigenvalue weighted by atomic mass is 10.1. The summed E-state index contributed by atoms with van der Waals surface area (Å²) in [6.07, 6.45) is 0. The van der Waals surface area contributed by atoms with Crippen LogP contribution in [0.1, 0.15) is 16.1 Å². The Morgan fingerprint density at radius 1 is 1.21 bits per heavy atom. The average molecular weight is 265 g/mol. The number of rotatable bonds is 2. The lowest BCUT2D eigenvalue weighted by Crippen LogP contribution is -2.10. The highest BCUT2D eigenvalue weighted by molar-refractivity contribution is 5.94. The lowest BCUT2D eigenvalue weighted by molar-refractivity contribution is 0.0696. The molecule has 0 fully saturated rings. The molecule has 2 aromatic rings. The van der Waals surface area contributed by atoms with Crippen molar-refractivity contribution in [1.82, 2.24) is 9.97 Å². The molecule has 0 bridgehead atoms. The van der Waals surface area contributed by atoms with Crippen LogP contribution in [0.3, 0.4) is 0 Å². The van der Waals surface area contributed by atoms with Crippen molar-refractivity contribution in [2.45, 2.75) is 6.92 Å². The molecule has 0 aliphatic heterocycles. The minimum Gasteiger partial charge on any atom is -0.477 e. The van der Waals surface area contributed by atoms with E-state index in [4.69, 9.17) is 10.8 Å². The third-order valence-corrected chi connectivity index (χ3v) is 2.45. The van der Waals surface area contributed by atoms with Crippen molar-refractivity contribution in [3.05, 3.63) is 41.1 Å². The summed E-state index contributed by atoms with van der Waals surface area (Å²) in [6.45, 7) is 1.43. The van der Waals surface area contributed by atoms with Crippen LogP contribution < -0.4 is 5.73 Å². The molecule has 1 heterocycles. The molecule has 19 heavy (non-hydrogen) atoms. The van der Waals surface area contributed by atoms with Crippen LogP contribution in [0.25, 0.3) is 11.4 Å². The summed E-state index contributed by atoms with van der Waals surface area (Å²) < 4.78 is 26.2. The van der Waals surface area contributed by atoms with Gasteiger partial charge in [0.25, 0.3) is 0 Å². The zero-order chi connectivity index (χ0) is 14.2. The molecule has 3 N–H and O–H groups in total. The maximum atomic E-state index is 13.1. The van der Waals surface area contributed by atoms with Gasteiger partial charge in [-0.1, -0.05) is 0 Å². The zero-order valence-electron chi connectivity index (χ0n) is 9.82. The first-order valence-corrected chi connectivity index (χ1v) is 5.22. The Hall–Kier alpha value is -2.57. The van der Waals surface area contributed by atoms with Crippen molar-refractivity contribution in [2.24, 2.45) is 0 Å². The van der Waals surface area contributed by atoms with Crippen molar-refractivity contribution in [3.63, 3.8) is 0 Å². The van der Waals surface area contributed by atoms with E-state index >= 15 is 0 Å². The molecular formula is C12H9F2N3O2. The number of aryl methyl sites for hydroxylation is 1. The summed E-state index contributed by atoms with van der Waals surface area (Å²) in [6, 6.07) is 2.79. The lowest BCUT2D eigenvalue weighted by Gasteiger charge is -2.07. The standard InChI is InChI=1S/C12H9F2N3O2/c1-5-9(12(18)19)10(15)17-11(16-5)6-2-7(13)4-8(14)3-6/h2-4H,1H3,(H,18,19)(H2,15,16,17). The fraction of sp³-hybridized carbons (Fsp3) is 0.0833. The van der Waals surface area contributed by atoms with E-state index in [-0.39, 0.29) is 28.5 Å². The summed E-state index contributed by atoms with van der Waals surface area (Å²) in [5.74, 6) is -3.10. The number of carboxylic acid groups (broad SMARTS) is 1. The number of nitrogens with two attached hydrogens (primary N) is 1. The Labute approximate surface area is 106 Å². The predicted molar refractivity (Wildman–Crippen MR) is 63.5 cm³/mol. The zero-order valence-corrected chi connectivity index (χ0v) is 9.82. The van der Waals surface area contributed by atoms with E-state index in [1.54, 1.807) is 0 Å². The SMILES string of the molecule is Cc1nc(-c2cc(F)cc(F)c2)nc(N)c1C(=O)O. The summed E-state index contributed by atoms with van der Waals surface area (Å²) in [7, 11) is 0. The van der Waals surface area contributed by atoms with E-state index in [1.165, 1.54) is 6.92 Å². The Kier molecular flexibility index (Phi) is 3.12. The summed E-state index contributed by atoms with van der Waals surface area (Å²) in [5.41, 5.74) is 5.51. The maximum Gasteiger partial charge on any atom is 0.341 e. The van der Waals surface area contributed by atoms with Gasteiger partial charge >= 0.3 is 5.97 Å². The highest BCUT2D eigenvalue weighted by atomic mass is 19.1. The Morgan fingerprint density at radius 3 is 2.26 bits per heavy atom. The third kappa shape index (κ3) is 2.49. The largest absolute Gasteiger partial charge is 0.477 e. The minimum atomic E-state index is -1.26. The molecule has 2 rings (SSSR count). The van der Waals surface area contributed by atoms with Gasteiger partial charge in [-0.25, -0.2) is 23.5 Å². The smallest absolute Gasteiger partial charge is 0.341 e. The highest BCUT2D eigenvalue weighted by Gasteiger charge is 2.17. The number of nitrogens with zero attached hydrogens (tertiary/aromatic N) is 2. The molecule has 1 aromatic carbocycles. The second kappa shape index (κ2) is 4.60. The summed E-state index contributed by atoms with van der Waals surface area (Å²) in [4.78, 5) is 18.6. The van der Waals surface area contributed by atoms with E-state index in [0.29, 0.717) is 6.07 Å². The molecule has 0 aliphatic carbocycles. The molecular weight excluding hydrogens is 256 g/mol. The van der Waals surface area contributed by atoms with Crippen LogP contribution in [-0.2, 0) is 0 Å². The number of hydrogen-bond donors (Lipinski definition) is 2. The van der Waals surface area contributed by atoms with Gasteiger partial charge in [-0.05, 0) is 19.1 Å². The number of hydrogen-bond acceptors (Lipinski definition) is 4. The molecule has 5 nitrogen and oxygen atoms in total. The van der Waals surface area contributed by atoms with E-state index in [0.717, 1.165) is 12.1 Å². The number of benzene rings is 1. The van der Waals surface area contributed by atoms with Crippen molar-refractivity contribution in [3.8, 4) is 11.4 Å². The monoisotopic (exact) mass is 265 g/mol. The molecule has 0 saturated carbocycles. The van der Waals surface area contributed by atoms with Crippen LogP contribution in [0.15, 0.2) is 18.2 Å². The molecule has 0 atom stereocenters. The van der Waals surface area contributed by atoms with Gasteiger partial charge in [0.15, 0.2) is 5.82 Å². The van der Waals surface area contributed by atoms with Crippen molar-refractivity contribution < 1.29 is 18.7 Å². The van der Waals surface area contributed by atoms with Crippen LogP contribution in [-0.4, -0.2) is 21.0 Å². The van der Waals surface area contributed by atoms with E-state index in [1.807, 2.05) is 0 Å². The molecule has 1 aromatic heterocycles. The summed E-state index contributed by atoms with van der Waals surface area (Å²) in [5, 5.41) is 8.92. The quantitative estimate of drug-likeness (QED) is 0.867. The Balaban J connectivity index is 2.61. The van der Waals surface area contributed by atoms with Crippen LogP contribution in [0, 0.1) is 18.6 Å². The number of halogens is 2. The first-order chi connectivity index (χ1) is 8.88. The maximum absolute atomic E-state index is 13.1. The van der Waals surface area contributed by atoms with Gasteiger partial charge in [-0.15, -0.1) is 0 Å². The molecule has 0 amide bonds. The number of anilines is 1. The number of carboxylic acids is 1. The van der Waals surface area contributed by atoms with E-state index < -0.39 is 17.6 Å². The molecule has 0 radical (unpaired) electrons. The molecule has 98 valence electrons. The van der Waals surface area contributed by atoms with Crippen molar-refractivity contribution >= 4 is 11.8 Å². The highest BCUT2D eigenvalue weighted by Crippen LogP contribution is 2.22. The van der Waals surface area contributed by atoms with Gasteiger partial charge in [0, 0.05) is 11.6 Å². The molecule has 0 saturated heterocycles. The fourth-order valence-electron chi connectivity index (χ4n) is 1.67. The molecule has 0 spiro atoms. The number of aromatic carboxylic acids is 1. The fourth-order valence-corrected chi connectivity index (χ4v) is 1.67. The number of carbonyl (C=O) groups is 1. The first-order valence-electron chi connectivity index (χ1n) is 5.22. The van der Waals surface area contributed by atoms with Crippen molar-refractivity contribution in [1.29, 1.82) is 0 Å². The van der Waals surface area contributed by atoms with Gasteiger partial charge in [0.1, 0.15) is 23.0 Å². The molecule has 0 aliphatic rings. The van der Waals surface area contributed by atoms with Crippen LogP contribution in [0.2, 0.25) is 0 Å². The van der Waals surface area contributed by atoms with Gasteiger partial charge in [-0.3, -0.25) is 0 Å². The van der Waals surface area contributed by atoms with Crippen LogP contribution in [0.5, 0.6) is 0 Å². The normalized spacial score (nSPS) is 10.5. The van der Waals surface area contributed by atoms with Gasteiger partial charge in [0.05, 0.1) is 5.69 Å². The Morgan fingerprint density at radius 2 is 1.79 bits per heavy atom. The van der Waals surface area contributed by atoms with E-state index in [9.17, 15) is 13.6 Å². The third-order valence-electron chi connectivity index (χ3n) is 2.45. The van der Waals surface area contributed by atoms with Crippen LogP contribution >= 0.6 is 0 Å². The van der Waals surface area contributed by atoms with Crippen LogP contribution in [0.4, 0.5) is 14.6 Å². The molecule has 0 unspecified atom stereocenters. The van der Waals surface area contributed by atoms with E-state index in [2.05, 4.69) is 9.97 Å². The second-order valence-electron chi connectivity index (χ2n) is 3.86. The first kappa shape index (κ1) is 12.9. The van der Waals surface area contributed by atoms with Crippen molar-refractivity contribution in [2.75, 3.05) is 5.73 Å². The van der Waals surface area contributed by atoms with Gasteiger partial charge < -0.3 is 10.8 Å². The predicted octanol–water partition coefficient (Wildman–Crippen LogP) is 2.01.